The molecule has 0 radical (unpaired) electrons. The Morgan fingerprint density at radius 1 is 0.152 bits per heavy atom. The molecule has 0 spiro atoms. The van der Waals surface area contributed by atoms with Crippen LogP contribution in [0.25, 0.3) is 0 Å². The average Bonchev–Trinajstić information content (AvgIpc) is 0.896. The van der Waals surface area contributed by atoms with E-state index < -0.39 is 93.7 Å². The first kappa shape index (κ1) is 143. The van der Waals surface area contributed by atoms with E-state index in [1.807, 2.05) is 6.92 Å². The Labute approximate surface area is 841 Å². The molecule has 0 bridgehead atoms. The van der Waals surface area contributed by atoms with Gasteiger partial charge < -0.3 is 200 Å². The monoisotopic (exact) mass is 2190 g/mol. The van der Waals surface area contributed by atoms with Crippen LogP contribution in [0, 0.1) is 0 Å². The van der Waals surface area contributed by atoms with Gasteiger partial charge in [-0.05, 0) is 95.6 Å². The fraction of sp³-hybridized carbons (Fsp3) is 1.00. The zero-order valence-electron chi connectivity index (χ0n) is 90.6. The third-order valence-electron chi connectivity index (χ3n) is 23.5. The van der Waals surface area contributed by atoms with Crippen LogP contribution in [-0.4, -0.2) is 491 Å². The molecule has 0 amide bonds. The van der Waals surface area contributed by atoms with Gasteiger partial charge in [-0.25, -0.2) is 0 Å². The van der Waals surface area contributed by atoms with Crippen molar-refractivity contribution in [3.8, 4) is 0 Å². The molecule has 44 nitrogen and oxygen atoms in total. The van der Waals surface area contributed by atoms with Crippen molar-refractivity contribution in [2.45, 2.75) is 207 Å². The third-order valence-corrected chi connectivity index (χ3v) is 52.3. The van der Waals surface area contributed by atoms with Crippen LogP contribution in [0.1, 0.15) is 104 Å². The van der Waals surface area contributed by atoms with Crippen LogP contribution < -0.4 is 0 Å². The van der Waals surface area contributed by atoms with E-state index in [9.17, 15) is 10.2 Å². The quantitative estimate of drug-likeness (QED) is 0.0425. The van der Waals surface area contributed by atoms with Crippen LogP contribution >= 0.6 is 0 Å². The Kier molecular flexibility index (Phi) is 92.0. The molecule has 0 saturated carbocycles. The highest BCUT2D eigenvalue weighted by Crippen LogP contribution is 2.25. The lowest BCUT2D eigenvalue weighted by atomic mass is 10.3. The van der Waals surface area contributed by atoms with Crippen LogP contribution in [0.2, 0.25) is 60.4 Å². The minimum absolute atomic E-state index is 0.0350. The summed E-state index contributed by atoms with van der Waals surface area (Å²) >= 11 is 0. The first-order chi connectivity index (χ1) is 66.5. The molecule has 0 aromatic heterocycles. The molecule has 0 rings (SSSR count). The van der Waals surface area contributed by atoms with Crippen LogP contribution in [0.15, 0.2) is 0 Å². The molecule has 7 unspecified atom stereocenters. The topological polar surface area (TPSA) is 428 Å². The molecule has 0 heterocycles. The molecule has 0 aliphatic heterocycles. The van der Waals surface area contributed by atoms with Crippen molar-refractivity contribution >= 4 is 87.6 Å². The molecule has 0 aromatic rings. The van der Waals surface area contributed by atoms with Gasteiger partial charge in [0.1, 0.15) is 24.4 Å². The Hall–Kier alpha value is 0.409. The highest BCUT2D eigenvalue weighted by molar-refractivity contribution is 6.68. The maximum Gasteiger partial charge on any atom is 0.500 e. The van der Waals surface area contributed by atoms with Gasteiger partial charge in [0.05, 0.1) is 103 Å². The molecule has 0 aromatic carbocycles. The van der Waals surface area contributed by atoms with E-state index >= 15 is 0 Å². The maximum atomic E-state index is 9.43. The molecule has 2 N–H and O–H groups in total. The van der Waals surface area contributed by atoms with E-state index in [-0.39, 0.29) is 75.5 Å². The average molecular weight is 2190 g/mol. The van der Waals surface area contributed by atoms with Gasteiger partial charge in [-0.1, -0.05) is 20.8 Å². The summed E-state index contributed by atoms with van der Waals surface area (Å²) in [5.74, 6) is 0. The van der Waals surface area contributed by atoms with Crippen LogP contribution in [-0.2, 0) is 190 Å². The number of rotatable bonds is 102. The second-order valence-corrected chi connectivity index (χ2v) is 63.0. The van der Waals surface area contributed by atoms with E-state index in [0.29, 0.717) is 211 Å². The first-order valence-corrected chi connectivity index (χ1v) is 67.5. The van der Waals surface area contributed by atoms with Gasteiger partial charge in [0.15, 0.2) is 0 Å². The zero-order valence-corrected chi connectivity index (χ0v) is 101. The van der Waals surface area contributed by atoms with Crippen molar-refractivity contribution < 1.29 is 200 Å². The predicted octanol–water partition coefficient (Wildman–Crippen LogP) is 8.46. The lowest BCUT2D eigenvalue weighted by Gasteiger charge is -2.26. The van der Waals surface area contributed by atoms with Crippen molar-refractivity contribution in [2.75, 3.05) is 350 Å². The number of ether oxygens (including phenoxy) is 14. The normalized spacial score (nSPS) is 14.6. The van der Waals surface area contributed by atoms with Crippen LogP contribution in [0.4, 0.5) is 0 Å². The van der Waals surface area contributed by atoms with Gasteiger partial charge in [-0.15, -0.1) is 0 Å². The van der Waals surface area contributed by atoms with Gasteiger partial charge in [-0.2, -0.15) is 0 Å². The van der Waals surface area contributed by atoms with Crippen molar-refractivity contribution in [1.29, 1.82) is 0 Å². The second kappa shape index (κ2) is 89.1. The van der Waals surface area contributed by atoms with E-state index in [1.54, 1.807) is 199 Å². The number of hydrogen-bond acceptors (Lipinski definition) is 44. The lowest BCUT2D eigenvalue weighted by Crippen LogP contribution is -2.44. The van der Waals surface area contributed by atoms with E-state index in [4.69, 9.17) is 190 Å². The van der Waals surface area contributed by atoms with Gasteiger partial charge >= 0.3 is 87.6 Å². The summed E-state index contributed by atoms with van der Waals surface area (Å²) in [5.41, 5.74) is 0. The molecule has 138 heavy (non-hydrogen) atoms. The Bertz CT molecular complexity index is 2530. The molecule has 0 aliphatic rings. The molecule has 0 aliphatic carbocycles. The first-order valence-electron chi connectivity index (χ1n) is 47.6. The van der Waals surface area contributed by atoms with E-state index in [2.05, 4.69) is 13.8 Å². The highest BCUT2D eigenvalue weighted by Gasteiger charge is 2.44. The predicted molar refractivity (Wildman–Crippen MR) is 537 cm³/mol. The third kappa shape index (κ3) is 60.5. The fourth-order valence-corrected chi connectivity index (χ4v) is 30.7. The zero-order chi connectivity index (χ0) is 104. The lowest BCUT2D eigenvalue weighted by molar-refractivity contribution is -0.116. The smallest absolute Gasteiger partial charge is 0.396 e. The minimum Gasteiger partial charge on any atom is -0.396 e. The Balaban J connectivity index is -0.00000227. The maximum absolute atomic E-state index is 9.43. The van der Waals surface area contributed by atoms with Gasteiger partial charge in [0.2, 0.25) is 0 Å². The molecule has 0 fully saturated rings. The summed E-state index contributed by atoms with van der Waals surface area (Å²) in [6, 6.07) is 6.35. The number of aliphatic hydroxyl groups is 2. The van der Waals surface area contributed by atoms with Gasteiger partial charge in [0.25, 0.3) is 0 Å². The van der Waals surface area contributed by atoms with Gasteiger partial charge in [-0.3, -0.25) is 0 Å². The Morgan fingerprint density at radius 2 is 0.290 bits per heavy atom. The largest absolute Gasteiger partial charge is 0.500 e. The van der Waals surface area contributed by atoms with Gasteiger partial charge in [0, 0.05) is 313 Å². The molecule has 834 valence electrons. The van der Waals surface area contributed by atoms with Crippen molar-refractivity contribution in [3.63, 3.8) is 0 Å². The Morgan fingerprint density at radius 3 is 0.464 bits per heavy atom. The van der Waals surface area contributed by atoms with Crippen LogP contribution in [0.5, 0.6) is 0 Å². The molecular weight excluding hydrogens is 1990 g/mol. The van der Waals surface area contributed by atoms with Crippen molar-refractivity contribution in [3.05, 3.63) is 0 Å². The number of hydrogen-bond donors (Lipinski definition) is 2. The summed E-state index contributed by atoms with van der Waals surface area (Å²) in [6.07, 6.45) is 7.72. The van der Waals surface area contributed by atoms with E-state index in [0.717, 1.165) is 44.9 Å². The van der Waals surface area contributed by atoms with Crippen molar-refractivity contribution in [1.82, 2.24) is 0 Å². The summed E-state index contributed by atoms with van der Waals surface area (Å²) in [7, 11) is 18.2. The van der Waals surface area contributed by atoms with Crippen molar-refractivity contribution in [2.24, 2.45) is 0 Å². The molecule has 7 atom stereocenters. The SMILES string of the molecule is CCC(COCC(COCCC[Si](OC)(OC)OC)OCCC[Si](OC)(OC)OC)OCC(COCC(COCCC[Si](OC)(OC)OC)OCCC[Si](OC)(OC)OC)OCCC[Si](OC)(OC)OC.CCC(COCC(COCCC[Si](OC)(OC)OC)OCCC[Si](OC)(OC)OC)OCCC[Si](OC)(OC)OC.CCC(COCCC[Si](CO)(OC)OC)OCCC[Si](CO)(OC)OC. The van der Waals surface area contributed by atoms with Crippen LogP contribution in [0.3, 0.4) is 0 Å². The molecule has 0 saturated heterocycles. The molecular formula is C84H194O44Si10. The molecule has 54 heteroatoms. The standard InChI is InChI=1S/C43H98O23Si5.C25H58O13Si3.C16H38O8Si2/c1-17-40(33-61-36-41(63-25-20-30-69(50-8,51-9)52-10)34-59-23-18-28-67(44-2,45-3)46-4)66-39-43(65-27-22-32-71(56-14,57-15)58-16)38-62-37-42(64-26-21-31-70(53-11,54-12)55-13)35-60-24-19-29-68(47-5,48-6)49-7;1-11-24(37-16-13-19-40(29-5,30-6)31-7)21-36-23-25(38-17-14-20-41(32-8,33-9)34-10)22-35-15-12-18-39(26-2,27-3)28-4;1-6-16(24-10-8-12-26(15-18,21-4)22-5)13-23-9-7-11-25(14-17,19-2)20-3/h40-43H,17-39H2,1-16H3;24-25H,11-23H2,1-10H3;16-18H,6-15H2,1-5H3. The minimum atomic E-state index is -2.80. The second-order valence-electron chi connectivity index (χ2n) is 31.4. The summed E-state index contributed by atoms with van der Waals surface area (Å²) < 4.78 is 240. The van der Waals surface area contributed by atoms with E-state index in [1.165, 1.54) is 0 Å². The summed E-state index contributed by atoms with van der Waals surface area (Å²) in [6.45, 7) is 14.7. The highest BCUT2D eigenvalue weighted by atomic mass is 28.4. The summed E-state index contributed by atoms with van der Waals surface area (Å²) in [4.78, 5) is 0. The number of aliphatic hydroxyl groups excluding tert-OH is 2. The fourth-order valence-electron chi connectivity index (χ4n) is 13.9. The summed E-state index contributed by atoms with van der Waals surface area (Å²) in [5, 5.41) is 18.8.